The summed E-state index contributed by atoms with van der Waals surface area (Å²) < 4.78 is 0.947. The third-order valence-corrected chi connectivity index (χ3v) is 2.65. The number of hydrogen-bond acceptors (Lipinski definition) is 1. The van der Waals surface area contributed by atoms with Crippen molar-refractivity contribution in [2.45, 2.75) is 6.42 Å². The Hall–Kier alpha value is -0.120. The van der Waals surface area contributed by atoms with Crippen molar-refractivity contribution in [3.05, 3.63) is 33.3 Å². The Morgan fingerprint density at radius 3 is 2.75 bits per heavy atom. The van der Waals surface area contributed by atoms with Crippen LogP contribution in [0.3, 0.4) is 0 Å². The highest BCUT2D eigenvalue weighted by atomic mass is 79.9. The van der Waals surface area contributed by atoms with Crippen molar-refractivity contribution < 1.29 is 0 Å². The molecule has 0 atom stereocenters. The molecule has 1 nitrogen and oxygen atoms in total. The van der Waals surface area contributed by atoms with Crippen LogP contribution in [0.1, 0.15) is 5.56 Å². The van der Waals surface area contributed by atoms with E-state index in [2.05, 4.69) is 15.9 Å². The van der Waals surface area contributed by atoms with Gasteiger partial charge < -0.3 is 5.73 Å². The molecule has 0 aliphatic rings. The molecule has 2 N–H and O–H groups in total. The summed E-state index contributed by atoms with van der Waals surface area (Å²) in [6.45, 7) is 0. The minimum Gasteiger partial charge on any atom is -0.393 e. The van der Waals surface area contributed by atoms with Crippen LogP contribution in [0.2, 0.25) is 5.02 Å². The van der Waals surface area contributed by atoms with Gasteiger partial charge in [-0.05, 0) is 17.7 Å². The Kier molecular flexibility index (Phi) is 3.50. The van der Waals surface area contributed by atoms with E-state index in [1.807, 2.05) is 18.2 Å². The molecule has 0 fully saturated rings. The number of rotatable bonds is 2. The average Bonchev–Trinajstić information content (AvgIpc) is 1.97. The molecule has 0 aliphatic heterocycles. The molecule has 0 aromatic heterocycles. The third kappa shape index (κ3) is 2.44. The summed E-state index contributed by atoms with van der Waals surface area (Å²) in [5.41, 5.74) is 6.36. The summed E-state index contributed by atoms with van der Waals surface area (Å²) in [7, 11) is 0. The van der Waals surface area contributed by atoms with E-state index in [-0.39, 0.29) is 0 Å². The smallest absolute Gasteiger partial charge is 0.0772 e. The minimum atomic E-state index is 0.448. The average molecular weight is 265 g/mol. The summed E-state index contributed by atoms with van der Waals surface area (Å²) in [6, 6.07) is 5.61. The van der Waals surface area contributed by atoms with Crippen LogP contribution >= 0.6 is 39.7 Å². The third-order valence-electron chi connectivity index (χ3n) is 1.41. The number of benzene rings is 1. The van der Waals surface area contributed by atoms with Gasteiger partial charge in [0.2, 0.25) is 0 Å². The highest BCUT2D eigenvalue weighted by Gasteiger charge is 2.04. The first-order valence-electron chi connectivity index (χ1n) is 3.32. The second kappa shape index (κ2) is 4.21. The predicted octanol–water partition coefficient (Wildman–Crippen LogP) is 2.93. The number of halogens is 2. The normalized spacial score (nSPS) is 9.83. The van der Waals surface area contributed by atoms with E-state index in [0.29, 0.717) is 16.4 Å². The van der Waals surface area contributed by atoms with Crippen molar-refractivity contribution in [3.63, 3.8) is 0 Å². The second-order valence-electron chi connectivity index (χ2n) is 2.34. The van der Waals surface area contributed by atoms with Crippen molar-refractivity contribution in [2.75, 3.05) is 0 Å². The van der Waals surface area contributed by atoms with Crippen LogP contribution in [0.5, 0.6) is 0 Å². The van der Waals surface area contributed by atoms with E-state index in [9.17, 15) is 0 Å². The Balaban J connectivity index is 3.04. The van der Waals surface area contributed by atoms with E-state index in [4.69, 9.17) is 29.6 Å². The molecule has 64 valence electrons. The molecule has 0 heterocycles. The van der Waals surface area contributed by atoms with Gasteiger partial charge in [0.25, 0.3) is 0 Å². The molecule has 0 unspecified atom stereocenters. The number of hydrogen-bond donors (Lipinski definition) is 1. The molecule has 12 heavy (non-hydrogen) atoms. The van der Waals surface area contributed by atoms with Crippen LogP contribution in [0.25, 0.3) is 0 Å². The van der Waals surface area contributed by atoms with Gasteiger partial charge in [0, 0.05) is 15.9 Å². The van der Waals surface area contributed by atoms with Crippen LogP contribution in [0.15, 0.2) is 22.7 Å². The molecule has 4 heteroatoms. The summed E-state index contributed by atoms with van der Waals surface area (Å²) in [5.74, 6) is 0. The lowest BCUT2D eigenvalue weighted by molar-refractivity contribution is 1.30. The van der Waals surface area contributed by atoms with Crippen LogP contribution < -0.4 is 5.73 Å². The molecule has 1 aromatic carbocycles. The maximum absolute atomic E-state index is 5.93. The molecule has 0 saturated heterocycles. The van der Waals surface area contributed by atoms with Crippen molar-refractivity contribution >= 4 is 44.7 Å². The van der Waals surface area contributed by atoms with Gasteiger partial charge in [-0.25, -0.2) is 0 Å². The monoisotopic (exact) mass is 263 g/mol. The van der Waals surface area contributed by atoms with E-state index in [1.165, 1.54) is 0 Å². The molecule has 0 bridgehead atoms. The topological polar surface area (TPSA) is 26.0 Å². The maximum atomic E-state index is 5.93. The van der Waals surface area contributed by atoms with E-state index in [1.54, 1.807) is 0 Å². The first-order chi connectivity index (χ1) is 5.61. The molecule has 0 radical (unpaired) electrons. The lowest BCUT2D eigenvalue weighted by atomic mass is 10.1. The SMILES string of the molecule is NC(=S)Cc1c(Cl)cccc1Br. The predicted molar refractivity (Wildman–Crippen MR) is 59.6 cm³/mol. The highest BCUT2D eigenvalue weighted by Crippen LogP contribution is 2.24. The van der Waals surface area contributed by atoms with Crippen LogP contribution in [-0.2, 0) is 6.42 Å². The fourth-order valence-corrected chi connectivity index (χ4v) is 1.88. The standard InChI is InChI=1S/C8H7BrClNS/c9-6-2-1-3-7(10)5(6)4-8(11)12/h1-3H,4H2,(H2,11,12). The van der Waals surface area contributed by atoms with E-state index < -0.39 is 0 Å². The van der Waals surface area contributed by atoms with Gasteiger partial charge >= 0.3 is 0 Å². The van der Waals surface area contributed by atoms with Gasteiger partial charge in [-0.3, -0.25) is 0 Å². The van der Waals surface area contributed by atoms with Gasteiger partial charge in [-0.15, -0.1) is 0 Å². The molecule has 1 rings (SSSR count). The highest BCUT2D eigenvalue weighted by molar-refractivity contribution is 9.10. The van der Waals surface area contributed by atoms with E-state index in [0.717, 1.165) is 10.0 Å². The molecular formula is C8H7BrClNS. The van der Waals surface area contributed by atoms with Crippen LogP contribution in [0, 0.1) is 0 Å². The lowest BCUT2D eigenvalue weighted by Crippen LogP contribution is -2.11. The van der Waals surface area contributed by atoms with Crippen molar-refractivity contribution in [1.29, 1.82) is 0 Å². The molecular weight excluding hydrogens is 258 g/mol. The van der Waals surface area contributed by atoms with Crippen molar-refractivity contribution in [2.24, 2.45) is 5.73 Å². The largest absolute Gasteiger partial charge is 0.393 e. The van der Waals surface area contributed by atoms with Crippen LogP contribution in [-0.4, -0.2) is 4.99 Å². The molecule has 0 amide bonds. The van der Waals surface area contributed by atoms with E-state index >= 15 is 0 Å². The second-order valence-corrected chi connectivity index (χ2v) is 4.13. The number of thiocarbonyl (C=S) groups is 1. The summed E-state index contributed by atoms with van der Waals surface area (Å²) in [6.07, 6.45) is 0.537. The zero-order chi connectivity index (χ0) is 9.14. The quantitative estimate of drug-likeness (QED) is 0.831. The van der Waals surface area contributed by atoms with Gasteiger partial charge in [-0.2, -0.15) is 0 Å². The summed E-state index contributed by atoms with van der Waals surface area (Å²) >= 11 is 14.1. The molecule has 0 spiro atoms. The lowest BCUT2D eigenvalue weighted by Gasteiger charge is -2.04. The maximum Gasteiger partial charge on any atom is 0.0772 e. The fraction of sp³-hybridized carbons (Fsp3) is 0.125. The van der Waals surface area contributed by atoms with Crippen molar-refractivity contribution in [3.8, 4) is 0 Å². The summed E-state index contributed by atoms with van der Waals surface area (Å²) in [5, 5.41) is 0.692. The fourth-order valence-electron chi connectivity index (χ4n) is 0.875. The molecule has 1 aromatic rings. The van der Waals surface area contributed by atoms with Gasteiger partial charge in [-0.1, -0.05) is 45.8 Å². The Labute approximate surface area is 90.0 Å². The molecule has 0 saturated carbocycles. The number of nitrogens with two attached hydrogens (primary N) is 1. The first-order valence-corrected chi connectivity index (χ1v) is 4.90. The zero-order valence-corrected chi connectivity index (χ0v) is 9.34. The Bertz CT molecular complexity index is 294. The Morgan fingerprint density at radius 2 is 2.25 bits per heavy atom. The van der Waals surface area contributed by atoms with Gasteiger partial charge in [0.15, 0.2) is 0 Å². The van der Waals surface area contributed by atoms with Crippen molar-refractivity contribution in [1.82, 2.24) is 0 Å². The van der Waals surface area contributed by atoms with Gasteiger partial charge in [0.1, 0.15) is 0 Å². The van der Waals surface area contributed by atoms with Crippen LogP contribution in [0.4, 0.5) is 0 Å². The van der Waals surface area contributed by atoms with Gasteiger partial charge in [0.05, 0.1) is 4.99 Å². The zero-order valence-electron chi connectivity index (χ0n) is 6.18. The Morgan fingerprint density at radius 1 is 1.58 bits per heavy atom. The molecule has 0 aliphatic carbocycles. The minimum absolute atomic E-state index is 0.448. The first kappa shape index (κ1) is 9.96. The summed E-state index contributed by atoms with van der Waals surface area (Å²) in [4.78, 5) is 0.448.